The van der Waals surface area contributed by atoms with E-state index in [4.69, 9.17) is 0 Å². The molecule has 0 aromatic heterocycles. The molecule has 3 nitrogen and oxygen atoms in total. The van der Waals surface area contributed by atoms with Crippen molar-refractivity contribution in [1.82, 2.24) is 5.32 Å². The third-order valence-corrected chi connectivity index (χ3v) is 4.66. The zero-order chi connectivity index (χ0) is 18.9. The molecule has 5 heteroatoms. The standard InChI is InChI=1S/C21H21F2NO2/c1-21(2,11-14-8-16(22)6-7-18(14)23)20(26)15-10-19(24-12-15)13-4-3-5-17(25)9-13/h3-10,19,24-25H,11-12H2,1-2H3. The van der Waals surface area contributed by atoms with Gasteiger partial charge in [0.1, 0.15) is 17.4 Å². The van der Waals surface area contributed by atoms with Crippen LogP contribution in [0.25, 0.3) is 0 Å². The highest BCUT2D eigenvalue weighted by molar-refractivity contribution is 6.00. The average molecular weight is 357 g/mol. The first-order valence-corrected chi connectivity index (χ1v) is 8.48. The van der Waals surface area contributed by atoms with Gasteiger partial charge in [-0.3, -0.25) is 4.79 Å². The minimum absolute atomic E-state index is 0.101. The number of ketones is 1. The summed E-state index contributed by atoms with van der Waals surface area (Å²) in [5.41, 5.74) is 0.803. The third kappa shape index (κ3) is 3.83. The Balaban J connectivity index is 1.79. The summed E-state index contributed by atoms with van der Waals surface area (Å²) < 4.78 is 27.3. The van der Waals surface area contributed by atoms with Crippen LogP contribution >= 0.6 is 0 Å². The van der Waals surface area contributed by atoms with E-state index < -0.39 is 17.0 Å². The van der Waals surface area contributed by atoms with Gasteiger partial charge in [0.05, 0.1) is 6.04 Å². The fourth-order valence-electron chi connectivity index (χ4n) is 3.30. The van der Waals surface area contributed by atoms with Crippen LogP contribution in [0.3, 0.4) is 0 Å². The first-order chi connectivity index (χ1) is 12.3. The zero-order valence-corrected chi connectivity index (χ0v) is 14.7. The number of hydrogen-bond acceptors (Lipinski definition) is 3. The van der Waals surface area contributed by atoms with Gasteiger partial charge in [0.25, 0.3) is 0 Å². The van der Waals surface area contributed by atoms with E-state index in [1.807, 2.05) is 12.1 Å². The molecule has 0 radical (unpaired) electrons. The van der Waals surface area contributed by atoms with Gasteiger partial charge >= 0.3 is 0 Å². The number of phenolic OH excluding ortho intramolecular Hbond substituents is 1. The molecule has 0 amide bonds. The molecular weight excluding hydrogens is 336 g/mol. The van der Waals surface area contributed by atoms with Crippen molar-refractivity contribution in [2.24, 2.45) is 5.41 Å². The summed E-state index contributed by atoms with van der Waals surface area (Å²) in [5, 5.41) is 12.8. The van der Waals surface area contributed by atoms with E-state index in [1.54, 1.807) is 32.0 Å². The Morgan fingerprint density at radius 3 is 2.73 bits per heavy atom. The molecule has 26 heavy (non-hydrogen) atoms. The molecule has 1 aliphatic rings. The molecule has 3 rings (SSSR count). The molecule has 1 unspecified atom stereocenters. The Morgan fingerprint density at radius 1 is 1.23 bits per heavy atom. The molecule has 2 aromatic rings. The number of halogens is 2. The van der Waals surface area contributed by atoms with Gasteiger partial charge in [-0.1, -0.05) is 32.1 Å². The van der Waals surface area contributed by atoms with Gasteiger partial charge in [-0.2, -0.15) is 0 Å². The molecule has 136 valence electrons. The van der Waals surface area contributed by atoms with Crippen LogP contribution in [-0.2, 0) is 11.2 Å². The number of aromatic hydroxyl groups is 1. The average Bonchev–Trinajstić information content (AvgIpc) is 3.07. The maximum atomic E-state index is 13.9. The Morgan fingerprint density at radius 2 is 2.00 bits per heavy atom. The quantitative estimate of drug-likeness (QED) is 0.848. The van der Waals surface area contributed by atoms with Gasteiger partial charge in [0.15, 0.2) is 5.78 Å². The van der Waals surface area contributed by atoms with Crippen molar-refractivity contribution in [3.05, 3.63) is 76.9 Å². The van der Waals surface area contributed by atoms with Crippen molar-refractivity contribution in [1.29, 1.82) is 0 Å². The predicted octanol–water partition coefficient (Wildman–Crippen LogP) is 4.08. The fraction of sp³-hybridized carbons (Fsp3) is 0.286. The summed E-state index contributed by atoms with van der Waals surface area (Å²) in [4.78, 5) is 12.9. The lowest BCUT2D eigenvalue weighted by molar-refractivity contribution is -0.123. The lowest BCUT2D eigenvalue weighted by Crippen LogP contribution is -2.30. The number of nitrogens with one attached hydrogen (secondary N) is 1. The van der Waals surface area contributed by atoms with E-state index in [9.17, 15) is 18.7 Å². The normalized spacial score (nSPS) is 17.2. The first kappa shape index (κ1) is 18.3. The van der Waals surface area contributed by atoms with Crippen LogP contribution in [0.2, 0.25) is 0 Å². The monoisotopic (exact) mass is 357 g/mol. The van der Waals surface area contributed by atoms with Crippen LogP contribution < -0.4 is 5.32 Å². The number of Topliss-reactive ketones (excluding diaryl/α,β-unsaturated/α-hetero) is 1. The van der Waals surface area contributed by atoms with Crippen molar-refractivity contribution < 1.29 is 18.7 Å². The maximum absolute atomic E-state index is 13.9. The number of carbonyl (C=O) groups is 1. The van der Waals surface area contributed by atoms with E-state index in [2.05, 4.69) is 5.32 Å². The highest BCUT2D eigenvalue weighted by Crippen LogP contribution is 2.31. The summed E-state index contributed by atoms with van der Waals surface area (Å²) >= 11 is 0. The largest absolute Gasteiger partial charge is 0.508 e. The molecule has 0 saturated heterocycles. The van der Waals surface area contributed by atoms with E-state index in [-0.39, 0.29) is 29.6 Å². The number of carbonyl (C=O) groups excluding carboxylic acids is 1. The Bertz CT molecular complexity index is 874. The molecule has 1 heterocycles. The predicted molar refractivity (Wildman–Crippen MR) is 95.8 cm³/mol. The van der Waals surface area contributed by atoms with E-state index in [1.165, 1.54) is 0 Å². The number of hydrogen-bond donors (Lipinski definition) is 2. The zero-order valence-electron chi connectivity index (χ0n) is 14.7. The van der Waals surface area contributed by atoms with Gasteiger partial charge in [-0.25, -0.2) is 8.78 Å². The van der Waals surface area contributed by atoms with E-state index >= 15 is 0 Å². The summed E-state index contributed by atoms with van der Waals surface area (Å²) in [5.74, 6) is -0.963. The van der Waals surface area contributed by atoms with Gasteiger partial charge in [-0.05, 0) is 47.9 Å². The second-order valence-corrected chi connectivity index (χ2v) is 7.27. The number of phenols is 1. The van der Waals surface area contributed by atoms with Crippen LogP contribution in [0, 0.1) is 17.0 Å². The molecule has 2 N–H and O–H groups in total. The van der Waals surface area contributed by atoms with Gasteiger partial charge in [0.2, 0.25) is 0 Å². The molecule has 0 aliphatic carbocycles. The maximum Gasteiger partial charge on any atom is 0.165 e. The first-order valence-electron chi connectivity index (χ1n) is 8.48. The van der Waals surface area contributed by atoms with Gasteiger partial charge < -0.3 is 10.4 Å². The van der Waals surface area contributed by atoms with Crippen molar-refractivity contribution >= 4 is 5.78 Å². The van der Waals surface area contributed by atoms with Crippen LogP contribution in [-0.4, -0.2) is 17.4 Å². The van der Waals surface area contributed by atoms with E-state index in [0.717, 1.165) is 23.8 Å². The summed E-state index contributed by atoms with van der Waals surface area (Å²) in [6.45, 7) is 3.87. The SMILES string of the molecule is CC(C)(Cc1cc(F)ccc1F)C(=O)C1=CC(c2cccc(O)c2)NC1. The lowest BCUT2D eigenvalue weighted by Gasteiger charge is -2.24. The molecule has 0 saturated carbocycles. The minimum atomic E-state index is -0.865. The molecule has 1 aliphatic heterocycles. The molecule has 1 atom stereocenters. The van der Waals surface area contributed by atoms with Crippen molar-refractivity contribution in [3.63, 3.8) is 0 Å². The molecular formula is C21H21F2NO2. The Labute approximate surface area is 151 Å². The van der Waals surface area contributed by atoms with Crippen LogP contribution in [0.4, 0.5) is 8.78 Å². The lowest BCUT2D eigenvalue weighted by atomic mass is 9.78. The van der Waals surface area contributed by atoms with Gasteiger partial charge in [0, 0.05) is 17.5 Å². The topological polar surface area (TPSA) is 49.3 Å². The van der Waals surface area contributed by atoms with Crippen LogP contribution in [0.1, 0.15) is 31.0 Å². The highest BCUT2D eigenvalue weighted by Gasteiger charge is 2.33. The van der Waals surface area contributed by atoms with Crippen LogP contribution in [0.15, 0.2) is 54.1 Å². The Hall–Kier alpha value is -2.53. The second-order valence-electron chi connectivity index (χ2n) is 7.27. The molecule has 0 fully saturated rings. The number of benzene rings is 2. The second kappa shape index (κ2) is 7.00. The fourth-order valence-corrected chi connectivity index (χ4v) is 3.30. The third-order valence-electron chi connectivity index (χ3n) is 4.66. The van der Waals surface area contributed by atoms with E-state index in [0.29, 0.717) is 12.1 Å². The summed E-state index contributed by atoms with van der Waals surface area (Å²) in [6.07, 6.45) is 1.95. The minimum Gasteiger partial charge on any atom is -0.508 e. The molecule has 2 aromatic carbocycles. The molecule has 0 bridgehead atoms. The van der Waals surface area contributed by atoms with Crippen molar-refractivity contribution in [3.8, 4) is 5.75 Å². The van der Waals surface area contributed by atoms with Gasteiger partial charge in [-0.15, -0.1) is 0 Å². The Kier molecular flexibility index (Phi) is 4.92. The van der Waals surface area contributed by atoms with Crippen molar-refractivity contribution in [2.75, 3.05) is 6.54 Å². The van der Waals surface area contributed by atoms with Crippen LogP contribution in [0.5, 0.6) is 5.75 Å². The molecule has 0 spiro atoms. The van der Waals surface area contributed by atoms with Crippen molar-refractivity contribution in [2.45, 2.75) is 26.3 Å². The number of rotatable bonds is 5. The highest BCUT2D eigenvalue weighted by atomic mass is 19.1. The summed E-state index contributed by atoms with van der Waals surface area (Å²) in [7, 11) is 0. The smallest absolute Gasteiger partial charge is 0.165 e. The summed E-state index contributed by atoms with van der Waals surface area (Å²) in [6, 6.07) is 9.98.